The van der Waals surface area contributed by atoms with Crippen LogP contribution in [-0.4, -0.2) is 35.0 Å². The largest absolute Gasteiger partial charge is 0.474 e. The molecule has 2 heterocycles. The van der Waals surface area contributed by atoms with Crippen molar-refractivity contribution in [3.63, 3.8) is 0 Å². The Morgan fingerprint density at radius 2 is 2.00 bits per heavy atom. The molecular formula is C24H30FN3O2. The molecule has 1 aromatic heterocycles. The maximum Gasteiger partial charge on any atom is 0.224 e. The monoisotopic (exact) mass is 411 g/mol. The summed E-state index contributed by atoms with van der Waals surface area (Å²) in [5.74, 6) is 0.486. The molecule has 4 rings (SSSR count). The van der Waals surface area contributed by atoms with E-state index < -0.39 is 0 Å². The highest BCUT2D eigenvalue weighted by atomic mass is 19.1. The van der Waals surface area contributed by atoms with Gasteiger partial charge in [0.15, 0.2) is 0 Å². The van der Waals surface area contributed by atoms with E-state index in [-0.39, 0.29) is 17.6 Å². The predicted octanol–water partition coefficient (Wildman–Crippen LogP) is 4.07. The average Bonchev–Trinajstić information content (AvgIpc) is 3.26. The minimum Gasteiger partial charge on any atom is -0.474 e. The lowest BCUT2D eigenvalue weighted by molar-refractivity contribution is -0.126. The molecule has 1 saturated heterocycles. The minimum absolute atomic E-state index is 0.0368. The first-order valence-electron chi connectivity index (χ1n) is 11.0. The molecular weight excluding hydrogens is 381 g/mol. The number of hydrogen-bond donors (Lipinski definition) is 1. The molecule has 30 heavy (non-hydrogen) atoms. The van der Waals surface area contributed by atoms with Gasteiger partial charge in [-0.05, 0) is 68.3 Å². The summed E-state index contributed by atoms with van der Waals surface area (Å²) in [4.78, 5) is 19.3. The lowest BCUT2D eigenvalue weighted by Crippen LogP contribution is -2.42. The first kappa shape index (κ1) is 20.8. The van der Waals surface area contributed by atoms with Crippen molar-refractivity contribution < 1.29 is 13.9 Å². The van der Waals surface area contributed by atoms with Crippen LogP contribution in [0.2, 0.25) is 0 Å². The number of piperidine rings is 1. The fourth-order valence-electron chi connectivity index (χ4n) is 4.40. The van der Waals surface area contributed by atoms with Crippen LogP contribution in [-0.2, 0) is 17.9 Å². The molecule has 1 amide bonds. The fraction of sp³-hybridized carbons (Fsp3) is 0.500. The fourth-order valence-corrected chi connectivity index (χ4v) is 4.40. The second kappa shape index (κ2) is 10.0. The molecule has 2 aromatic rings. The Morgan fingerprint density at radius 1 is 1.13 bits per heavy atom. The van der Waals surface area contributed by atoms with E-state index in [0.717, 1.165) is 43.4 Å². The lowest BCUT2D eigenvalue weighted by Gasteiger charge is -2.32. The van der Waals surface area contributed by atoms with Gasteiger partial charge in [0.05, 0.1) is 5.92 Å². The zero-order valence-electron chi connectivity index (χ0n) is 17.4. The first-order valence-corrected chi connectivity index (χ1v) is 11.0. The van der Waals surface area contributed by atoms with Crippen LogP contribution in [0.4, 0.5) is 4.39 Å². The van der Waals surface area contributed by atoms with Gasteiger partial charge in [-0.1, -0.05) is 18.2 Å². The molecule has 0 spiro atoms. The summed E-state index contributed by atoms with van der Waals surface area (Å²) in [6.07, 6.45) is 8.62. The highest BCUT2D eigenvalue weighted by Gasteiger charge is 2.25. The summed E-state index contributed by atoms with van der Waals surface area (Å²) in [7, 11) is 0. The summed E-state index contributed by atoms with van der Waals surface area (Å²) in [5.41, 5.74) is 1.91. The molecule has 1 aliphatic heterocycles. The highest BCUT2D eigenvalue weighted by molar-refractivity contribution is 5.78. The number of ether oxygens (including phenoxy) is 1. The average molecular weight is 412 g/mol. The minimum atomic E-state index is -0.216. The van der Waals surface area contributed by atoms with E-state index in [0.29, 0.717) is 31.6 Å². The summed E-state index contributed by atoms with van der Waals surface area (Å²) < 4.78 is 19.3. The third-order valence-corrected chi connectivity index (χ3v) is 6.03. The number of halogens is 1. The Hall–Kier alpha value is -2.47. The molecule has 0 bridgehead atoms. The van der Waals surface area contributed by atoms with Crippen LogP contribution in [0.25, 0.3) is 0 Å². The zero-order valence-corrected chi connectivity index (χ0v) is 17.4. The number of nitrogens with one attached hydrogen (secondary N) is 1. The zero-order chi connectivity index (χ0) is 20.8. The number of amides is 1. The van der Waals surface area contributed by atoms with E-state index in [1.807, 2.05) is 18.2 Å². The van der Waals surface area contributed by atoms with Crippen LogP contribution in [0, 0.1) is 11.7 Å². The molecule has 1 atom stereocenters. The van der Waals surface area contributed by atoms with E-state index in [1.54, 1.807) is 18.3 Å². The Balaban J connectivity index is 1.24. The molecule has 2 aliphatic rings. The quantitative estimate of drug-likeness (QED) is 0.746. The van der Waals surface area contributed by atoms with Gasteiger partial charge in [0.1, 0.15) is 11.9 Å². The van der Waals surface area contributed by atoms with Gasteiger partial charge in [-0.25, -0.2) is 9.37 Å². The van der Waals surface area contributed by atoms with Crippen molar-refractivity contribution in [2.24, 2.45) is 5.92 Å². The number of likely N-dealkylation sites (tertiary alicyclic amines) is 1. The molecule has 1 unspecified atom stereocenters. The molecule has 6 heteroatoms. The number of carbonyl (C=O) groups is 1. The standard InChI is InChI=1S/C24H30FN3O2/c25-21-7-3-5-18(13-21)16-28-12-4-6-20(17-28)24(29)27-15-19-10-11-23(26-14-19)30-22-8-1-2-9-22/h3,5,7,10-11,13-14,20,22H,1-2,4,6,8-9,12,15-17H2,(H,27,29). The van der Waals surface area contributed by atoms with Crippen LogP contribution in [0.15, 0.2) is 42.6 Å². The van der Waals surface area contributed by atoms with Gasteiger partial charge in [0.25, 0.3) is 0 Å². The molecule has 1 aromatic carbocycles. The lowest BCUT2D eigenvalue weighted by atomic mass is 9.96. The van der Waals surface area contributed by atoms with Crippen molar-refractivity contribution in [3.8, 4) is 5.88 Å². The molecule has 160 valence electrons. The normalized spacial score (nSPS) is 20.2. The molecule has 1 saturated carbocycles. The van der Waals surface area contributed by atoms with Crippen LogP contribution in [0.5, 0.6) is 5.88 Å². The second-order valence-electron chi connectivity index (χ2n) is 8.45. The summed E-state index contributed by atoms with van der Waals surface area (Å²) in [6.45, 7) is 2.78. The van der Waals surface area contributed by atoms with Gasteiger partial charge >= 0.3 is 0 Å². The van der Waals surface area contributed by atoms with Crippen molar-refractivity contribution >= 4 is 5.91 Å². The van der Waals surface area contributed by atoms with Crippen LogP contribution >= 0.6 is 0 Å². The van der Waals surface area contributed by atoms with E-state index in [9.17, 15) is 9.18 Å². The highest BCUT2D eigenvalue weighted by Crippen LogP contribution is 2.23. The van der Waals surface area contributed by atoms with Gasteiger partial charge < -0.3 is 10.1 Å². The van der Waals surface area contributed by atoms with E-state index >= 15 is 0 Å². The van der Waals surface area contributed by atoms with Crippen LogP contribution < -0.4 is 10.1 Å². The first-order chi connectivity index (χ1) is 14.7. The Bertz CT molecular complexity index is 837. The molecule has 2 fully saturated rings. The topological polar surface area (TPSA) is 54.5 Å². The van der Waals surface area contributed by atoms with Crippen molar-refractivity contribution in [2.45, 2.75) is 57.7 Å². The second-order valence-corrected chi connectivity index (χ2v) is 8.45. The van der Waals surface area contributed by atoms with Crippen molar-refractivity contribution in [2.75, 3.05) is 13.1 Å². The molecule has 1 aliphatic carbocycles. The van der Waals surface area contributed by atoms with Crippen LogP contribution in [0.1, 0.15) is 49.7 Å². The molecule has 5 nitrogen and oxygen atoms in total. The third-order valence-electron chi connectivity index (χ3n) is 6.03. The number of aromatic nitrogens is 1. The van der Waals surface area contributed by atoms with E-state index in [4.69, 9.17) is 4.74 Å². The maximum atomic E-state index is 13.4. The van der Waals surface area contributed by atoms with Crippen molar-refractivity contribution in [1.29, 1.82) is 0 Å². The number of pyridine rings is 1. The number of benzene rings is 1. The van der Waals surface area contributed by atoms with Gasteiger partial charge in [-0.3, -0.25) is 9.69 Å². The Labute approximate surface area is 177 Å². The predicted molar refractivity (Wildman–Crippen MR) is 113 cm³/mol. The van der Waals surface area contributed by atoms with Crippen LogP contribution in [0.3, 0.4) is 0 Å². The number of carbonyl (C=O) groups excluding carboxylic acids is 1. The number of nitrogens with zero attached hydrogens (tertiary/aromatic N) is 2. The van der Waals surface area contributed by atoms with Gasteiger partial charge in [-0.15, -0.1) is 0 Å². The van der Waals surface area contributed by atoms with Gasteiger partial charge in [0.2, 0.25) is 11.8 Å². The van der Waals surface area contributed by atoms with E-state index in [2.05, 4.69) is 15.2 Å². The summed E-state index contributed by atoms with van der Waals surface area (Å²) in [5, 5.41) is 3.05. The summed E-state index contributed by atoms with van der Waals surface area (Å²) in [6, 6.07) is 10.5. The molecule has 0 radical (unpaired) electrons. The van der Waals surface area contributed by atoms with Gasteiger partial charge in [0, 0.05) is 31.9 Å². The Kier molecular flexibility index (Phi) is 6.95. The third kappa shape index (κ3) is 5.79. The van der Waals surface area contributed by atoms with E-state index in [1.165, 1.54) is 18.9 Å². The molecule has 1 N–H and O–H groups in total. The SMILES string of the molecule is O=C(NCc1ccc(OC2CCCC2)nc1)C1CCCN(Cc2cccc(F)c2)C1. The van der Waals surface area contributed by atoms with Crippen molar-refractivity contribution in [1.82, 2.24) is 15.2 Å². The summed E-state index contributed by atoms with van der Waals surface area (Å²) >= 11 is 0. The van der Waals surface area contributed by atoms with Crippen molar-refractivity contribution in [3.05, 3.63) is 59.5 Å². The smallest absolute Gasteiger partial charge is 0.224 e. The maximum absolute atomic E-state index is 13.4. The van der Waals surface area contributed by atoms with Gasteiger partial charge in [-0.2, -0.15) is 0 Å². The number of hydrogen-bond acceptors (Lipinski definition) is 4. The number of rotatable bonds is 7. The Morgan fingerprint density at radius 3 is 2.77 bits per heavy atom.